The highest BCUT2D eigenvalue weighted by Crippen LogP contribution is 2.22. The van der Waals surface area contributed by atoms with Crippen molar-refractivity contribution in [3.05, 3.63) is 69.4 Å². The van der Waals surface area contributed by atoms with Crippen molar-refractivity contribution >= 4 is 21.8 Å². The van der Waals surface area contributed by atoms with E-state index in [1.807, 2.05) is 30.3 Å². The molecule has 2 nitrogen and oxygen atoms in total. The predicted molar refractivity (Wildman–Crippen MR) is 81.3 cm³/mol. The number of benzene rings is 2. The van der Waals surface area contributed by atoms with E-state index in [9.17, 15) is 9.18 Å². The first-order valence-corrected chi connectivity index (χ1v) is 7.15. The summed E-state index contributed by atoms with van der Waals surface area (Å²) in [6.07, 6.45) is 0.723. The predicted octanol–water partition coefficient (Wildman–Crippen LogP) is 3.87. The normalized spacial score (nSPS) is 10.3. The van der Waals surface area contributed by atoms with Crippen LogP contribution in [0.4, 0.5) is 4.39 Å². The topological polar surface area (TPSA) is 29.1 Å². The monoisotopic (exact) mass is 335 g/mol. The minimum atomic E-state index is -0.497. The molecule has 1 N–H and O–H groups in total. The number of amides is 1. The molecule has 104 valence electrons. The summed E-state index contributed by atoms with van der Waals surface area (Å²) in [5.74, 6) is -0.875. The van der Waals surface area contributed by atoms with E-state index in [0.717, 1.165) is 16.5 Å². The average molecular weight is 336 g/mol. The maximum absolute atomic E-state index is 13.7. The Morgan fingerprint density at radius 2 is 1.90 bits per heavy atom. The third-order valence-electron chi connectivity index (χ3n) is 3.12. The van der Waals surface area contributed by atoms with E-state index in [4.69, 9.17) is 0 Å². The van der Waals surface area contributed by atoms with Gasteiger partial charge in [0.2, 0.25) is 0 Å². The van der Waals surface area contributed by atoms with Gasteiger partial charge in [-0.2, -0.15) is 0 Å². The van der Waals surface area contributed by atoms with Crippen molar-refractivity contribution < 1.29 is 9.18 Å². The first kappa shape index (κ1) is 14.7. The molecule has 0 saturated heterocycles. The molecule has 0 aliphatic carbocycles. The lowest BCUT2D eigenvalue weighted by atomic mass is 10.1. The number of carbonyl (C=O) groups is 1. The third-order valence-corrected chi connectivity index (χ3v) is 3.98. The van der Waals surface area contributed by atoms with Gasteiger partial charge in [0, 0.05) is 11.0 Å². The number of halogens is 2. The minimum Gasteiger partial charge on any atom is -0.352 e. The van der Waals surface area contributed by atoms with E-state index in [1.165, 1.54) is 6.07 Å². The van der Waals surface area contributed by atoms with Crippen LogP contribution in [0.3, 0.4) is 0 Å². The molecule has 0 saturated carbocycles. The van der Waals surface area contributed by atoms with Crippen LogP contribution in [0.25, 0.3) is 0 Å². The summed E-state index contributed by atoms with van der Waals surface area (Å²) in [7, 11) is 0. The standard InChI is InChI=1S/C16H15BrFNO/c1-11-13(17)7-8-14(18)15(11)16(20)19-10-9-12-5-3-2-4-6-12/h2-8H,9-10H2,1H3,(H,19,20). The molecule has 4 heteroatoms. The largest absolute Gasteiger partial charge is 0.352 e. The SMILES string of the molecule is Cc1c(Br)ccc(F)c1C(=O)NCCc1ccccc1. The zero-order valence-electron chi connectivity index (χ0n) is 11.1. The van der Waals surface area contributed by atoms with Crippen molar-refractivity contribution in [2.75, 3.05) is 6.54 Å². The number of nitrogens with one attached hydrogen (secondary N) is 1. The van der Waals surface area contributed by atoms with Crippen LogP contribution in [0.15, 0.2) is 46.9 Å². The molecule has 20 heavy (non-hydrogen) atoms. The maximum Gasteiger partial charge on any atom is 0.254 e. The Bertz CT molecular complexity index is 613. The number of hydrogen-bond donors (Lipinski definition) is 1. The molecule has 0 spiro atoms. The molecule has 0 aliphatic rings. The van der Waals surface area contributed by atoms with Gasteiger partial charge in [0.1, 0.15) is 5.82 Å². The van der Waals surface area contributed by atoms with Crippen molar-refractivity contribution in [2.24, 2.45) is 0 Å². The van der Waals surface area contributed by atoms with Crippen molar-refractivity contribution in [3.8, 4) is 0 Å². The Morgan fingerprint density at radius 1 is 1.20 bits per heavy atom. The Morgan fingerprint density at radius 3 is 2.60 bits per heavy atom. The molecular weight excluding hydrogens is 321 g/mol. The molecule has 2 rings (SSSR count). The van der Waals surface area contributed by atoms with Gasteiger partial charge in [-0.25, -0.2) is 4.39 Å². The van der Waals surface area contributed by atoms with Gasteiger partial charge in [0.05, 0.1) is 5.56 Å². The average Bonchev–Trinajstić information content (AvgIpc) is 2.44. The van der Waals surface area contributed by atoms with E-state index in [0.29, 0.717) is 12.1 Å². The van der Waals surface area contributed by atoms with E-state index in [1.54, 1.807) is 13.0 Å². The van der Waals surface area contributed by atoms with Crippen LogP contribution in [0.2, 0.25) is 0 Å². The Balaban J connectivity index is 2.01. The summed E-state index contributed by atoms with van der Waals surface area (Å²) in [6.45, 7) is 2.20. The molecule has 1 amide bonds. The van der Waals surface area contributed by atoms with Gasteiger partial charge >= 0.3 is 0 Å². The van der Waals surface area contributed by atoms with Gasteiger partial charge in [-0.15, -0.1) is 0 Å². The maximum atomic E-state index is 13.7. The summed E-state index contributed by atoms with van der Waals surface area (Å²) in [4.78, 5) is 12.1. The molecule has 0 atom stereocenters. The quantitative estimate of drug-likeness (QED) is 0.902. The molecule has 0 aromatic heterocycles. The third kappa shape index (κ3) is 3.45. The van der Waals surface area contributed by atoms with Crippen LogP contribution < -0.4 is 5.32 Å². The Kier molecular flexibility index (Phi) is 4.90. The first-order valence-electron chi connectivity index (χ1n) is 6.36. The smallest absolute Gasteiger partial charge is 0.254 e. The van der Waals surface area contributed by atoms with Crippen LogP contribution in [-0.2, 0) is 6.42 Å². The summed E-state index contributed by atoms with van der Waals surface area (Å²) in [6, 6.07) is 12.7. The van der Waals surface area contributed by atoms with Gasteiger partial charge in [-0.05, 0) is 36.6 Å². The summed E-state index contributed by atoms with van der Waals surface area (Å²) in [5, 5.41) is 2.76. The lowest BCUT2D eigenvalue weighted by molar-refractivity contribution is 0.0949. The van der Waals surface area contributed by atoms with Crippen LogP contribution in [-0.4, -0.2) is 12.5 Å². The molecule has 2 aromatic rings. The Hall–Kier alpha value is -1.68. The highest BCUT2D eigenvalue weighted by molar-refractivity contribution is 9.10. The fraction of sp³-hybridized carbons (Fsp3) is 0.188. The van der Waals surface area contributed by atoms with E-state index < -0.39 is 5.82 Å². The first-order chi connectivity index (χ1) is 9.59. The molecule has 0 heterocycles. The van der Waals surface area contributed by atoms with E-state index in [2.05, 4.69) is 21.2 Å². The summed E-state index contributed by atoms with van der Waals surface area (Å²) < 4.78 is 14.5. The molecule has 0 aliphatic heterocycles. The second kappa shape index (κ2) is 6.66. The summed E-state index contributed by atoms with van der Waals surface area (Å²) in [5.41, 5.74) is 1.86. The fourth-order valence-corrected chi connectivity index (χ4v) is 2.32. The van der Waals surface area contributed by atoms with E-state index in [-0.39, 0.29) is 11.5 Å². The van der Waals surface area contributed by atoms with Crippen LogP contribution >= 0.6 is 15.9 Å². The second-order valence-electron chi connectivity index (χ2n) is 4.52. The molecule has 0 radical (unpaired) electrons. The lowest BCUT2D eigenvalue weighted by Gasteiger charge is -2.10. The van der Waals surface area contributed by atoms with E-state index >= 15 is 0 Å². The van der Waals surface area contributed by atoms with Gasteiger partial charge in [0.25, 0.3) is 5.91 Å². The molecular formula is C16H15BrFNO. The van der Waals surface area contributed by atoms with Crippen LogP contribution in [0, 0.1) is 12.7 Å². The summed E-state index contributed by atoms with van der Waals surface area (Å²) >= 11 is 3.31. The van der Waals surface area contributed by atoms with Crippen LogP contribution in [0.5, 0.6) is 0 Å². The van der Waals surface area contributed by atoms with Gasteiger partial charge in [-0.3, -0.25) is 4.79 Å². The van der Waals surface area contributed by atoms with Crippen molar-refractivity contribution in [1.29, 1.82) is 0 Å². The molecule has 0 fully saturated rings. The molecule has 0 bridgehead atoms. The highest BCUT2D eigenvalue weighted by atomic mass is 79.9. The molecule has 0 unspecified atom stereocenters. The van der Waals surface area contributed by atoms with Crippen molar-refractivity contribution in [2.45, 2.75) is 13.3 Å². The van der Waals surface area contributed by atoms with Gasteiger partial charge < -0.3 is 5.32 Å². The van der Waals surface area contributed by atoms with Crippen molar-refractivity contribution in [1.82, 2.24) is 5.32 Å². The van der Waals surface area contributed by atoms with Crippen LogP contribution in [0.1, 0.15) is 21.5 Å². The van der Waals surface area contributed by atoms with Gasteiger partial charge in [0.15, 0.2) is 0 Å². The minimum absolute atomic E-state index is 0.104. The Labute approximate surface area is 126 Å². The number of rotatable bonds is 4. The fourth-order valence-electron chi connectivity index (χ4n) is 1.99. The zero-order valence-corrected chi connectivity index (χ0v) is 12.7. The number of hydrogen-bond acceptors (Lipinski definition) is 1. The highest BCUT2D eigenvalue weighted by Gasteiger charge is 2.16. The zero-order chi connectivity index (χ0) is 14.5. The number of carbonyl (C=O) groups excluding carboxylic acids is 1. The van der Waals surface area contributed by atoms with Crippen molar-refractivity contribution in [3.63, 3.8) is 0 Å². The molecule has 2 aromatic carbocycles. The van der Waals surface area contributed by atoms with Gasteiger partial charge in [-0.1, -0.05) is 46.3 Å². The second-order valence-corrected chi connectivity index (χ2v) is 5.38. The lowest BCUT2D eigenvalue weighted by Crippen LogP contribution is -2.27.